The number of non-ortho nitro benzene ring substituents is 1. The molecule has 1 N–H and O–H groups in total. The average Bonchev–Trinajstić information content (AvgIpc) is 2.94. The van der Waals surface area contributed by atoms with Gasteiger partial charge in [-0.3, -0.25) is 20.2 Å². The summed E-state index contributed by atoms with van der Waals surface area (Å²) in [6.07, 6.45) is 2.49. The second-order valence-corrected chi connectivity index (χ2v) is 5.02. The fourth-order valence-corrected chi connectivity index (χ4v) is 2.15. The van der Waals surface area contributed by atoms with Crippen molar-refractivity contribution in [2.75, 3.05) is 12.4 Å². The normalized spacial score (nSPS) is 10.3. The Kier molecular flexibility index (Phi) is 5.49. The van der Waals surface area contributed by atoms with Crippen molar-refractivity contribution in [1.29, 1.82) is 5.26 Å². The number of furan rings is 1. The Morgan fingerprint density at radius 1 is 1.42 bits per heavy atom. The van der Waals surface area contributed by atoms with Gasteiger partial charge in [-0.1, -0.05) is 12.1 Å². The maximum atomic E-state index is 12.0. The van der Waals surface area contributed by atoms with E-state index in [1.165, 1.54) is 31.2 Å². The molecular formula is C17H13N3O6. The maximum absolute atomic E-state index is 12.0. The van der Waals surface area contributed by atoms with E-state index < -0.39 is 16.8 Å². The molecule has 0 unspecified atom stereocenters. The summed E-state index contributed by atoms with van der Waals surface area (Å²) in [5, 5.41) is 22.3. The first-order valence-corrected chi connectivity index (χ1v) is 7.22. The van der Waals surface area contributed by atoms with Crippen LogP contribution in [0.4, 0.5) is 11.6 Å². The van der Waals surface area contributed by atoms with E-state index in [0.29, 0.717) is 5.56 Å². The molecule has 0 saturated heterocycles. The summed E-state index contributed by atoms with van der Waals surface area (Å²) in [4.78, 5) is 33.9. The van der Waals surface area contributed by atoms with Gasteiger partial charge < -0.3 is 9.15 Å². The zero-order valence-corrected chi connectivity index (χ0v) is 13.8. The van der Waals surface area contributed by atoms with Gasteiger partial charge in [0.15, 0.2) is 0 Å². The smallest absolute Gasteiger partial charge is 0.342 e. The number of amides is 1. The fraction of sp³-hybridized carbons (Fsp3) is 0.118. The molecule has 1 amide bonds. The predicted octanol–water partition coefficient (Wildman–Crippen LogP) is 2.81. The number of aryl methyl sites for hydroxylation is 1. The third-order valence-electron chi connectivity index (χ3n) is 3.33. The van der Waals surface area contributed by atoms with Gasteiger partial charge in [-0.25, -0.2) is 4.79 Å². The van der Waals surface area contributed by atoms with Crippen molar-refractivity contribution in [2.45, 2.75) is 6.92 Å². The SMILES string of the molecule is COC(=O)c1c(C)oc(NC(=O)/C=C/c2cccc([N+](=O)[O-])c2)c1C#N. The van der Waals surface area contributed by atoms with Crippen LogP contribution < -0.4 is 5.32 Å². The number of carbonyl (C=O) groups is 2. The Bertz CT molecular complexity index is 952. The number of anilines is 1. The summed E-state index contributed by atoms with van der Waals surface area (Å²) in [6, 6.07) is 7.50. The molecule has 0 bridgehead atoms. The molecule has 9 nitrogen and oxygen atoms in total. The van der Waals surface area contributed by atoms with Crippen LogP contribution in [0.25, 0.3) is 6.08 Å². The lowest BCUT2D eigenvalue weighted by molar-refractivity contribution is -0.384. The highest BCUT2D eigenvalue weighted by atomic mass is 16.6. The van der Waals surface area contributed by atoms with E-state index in [2.05, 4.69) is 10.1 Å². The lowest BCUT2D eigenvalue weighted by Gasteiger charge is -1.99. The minimum absolute atomic E-state index is 0.0621. The fourth-order valence-electron chi connectivity index (χ4n) is 2.15. The van der Waals surface area contributed by atoms with Gasteiger partial charge in [0, 0.05) is 18.2 Å². The first-order valence-electron chi connectivity index (χ1n) is 7.22. The molecule has 26 heavy (non-hydrogen) atoms. The molecule has 0 aliphatic carbocycles. The molecule has 2 rings (SSSR count). The zero-order chi connectivity index (χ0) is 19.3. The van der Waals surface area contributed by atoms with Gasteiger partial charge in [0.25, 0.3) is 11.6 Å². The van der Waals surface area contributed by atoms with E-state index in [-0.39, 0.29) is 28.5 Å². The molecule has 0 atom stereocenters. The topological polar surface area (TPSA) is 135 Å². The monoisotopic (exact) mass is 355 g/mol. The summed E-state index contributed by atoms with van der Waals surface area (Å²) < 4.78 is 9.84. The molecule has 0 radical (unpaired) electrons. The van der Waals surface area contributed by atoms with Crippen LogP contribution in [0.2, 0.25) is 0 Å². The molecule has 132 valence electrons. The van der Waals surface area contributed by atoms with Gasteiger partial charge in [0.1, 0.15) is 23.0 Å². The number of hydrogen-bond acceptors (Lipinski definition) is 7. The molecule has 0 fully saturated rings. The number of methoxy groups -OCH3 is 1. The van der Waals surface area contributed by atoms with Crippen LogP contribution >= 0.6 is 0 Å². The predicted molar refractivity (Wildman–Crippen MR) is 90.3 cm³/mol. The zero-order valence-electron chi connectivity index (χ0n) is 13.8. The summed E-state index contributed by atoms with van der Waals surface area (Å²) in [6.45, 7) is 1.46. The second-order valence-electron chi connectivity index (χ2n) is 5.02. The molecule has 0 saturated carbocycles. The van der Waals surface area contributed by atoms with Crippen LogP contribution in [-0.4, -0.2) is 23.9 Å². The van der Waals surface area contributed by atoms with Crippen LogP contribution in [0.5, 0.6) is 0 Å². The van der Waals surface area contributed by atoms with E-state index in [1.54, 1.807) is 12.1 Å². The summed E-state index contributed by atoms with van der Waals surface area (Å²) in [7, 11) is 1.16. The van der Waals surface area contributed by atoms with E-state index in [9.17, 15) is 25.0 Å². The highest BCUT2D eigenvalue weighted by Crippen LogP contribution is 2.27. The van der Waals surface area contributed by atoms with E-state index >= 15 is 0 Å². The third kappa shape index (κ3) is 3.93. The number of rotatable bonds is 5. The quantitative estimate of drug-likeness (QED) is 0.377. The van der Waals surface area contributed by atoms with Gasteiger partial charge >= 0.3 is 5.97 Å². The number of hydrogen-bond donors (Lipinski definition) is 1. The lowest BCUT2D eigenvalue weighted by atomic mass is 10.1. The molecule has 0 aliphatic heterocycles. The summed E-state index contributed by atoms with van der Waals surface area (Å²) in [5.74, 6) is -1.45. The number of nitro benzene ring substituents is 1. The highest BCUT2D eigenvalue weighted by Gasteiger charge is 2.25. The Labute approximate surface area is 147 Å². The van der Waals surface area contributed by atoms with Crippen molar-refractivity contribution < 1.29 is 23.7 Å². The Morgan fingerprint density at radius 2 is 2.15 bits per heavy atom. The second kappa shape index (κ2) is 7.76. The maximum Gasteiger partial charge on any atom is 0.342 e. The largest absolute Gasteiger partial charge is 0.465 e. The Hall–Kier alpha value is -3.93. The van der Waals surface area contributed by atoms with Crippen LogP contribution in [0.15, 0.2) is 34.8 Å². The Balaban J connectivity index is 2.21. The van der Waals surface area contributed by atoms with Gasteiger partial charge in [0.2, 0.25) is 5.88 Å². The van der Waals surface area contributed by atoms with Crippen LogP contribution in [0.3, 0.4) is 0 Å². The molecule has 1 aromatic heterocycles. The van der Waals surface area contributed by atoms with Crippen LogP contribution in [0.1, 0.15) is 27.2 Å². The molecular weight excluding hydrogens is 342 g/mol. The van der Waals surface area contributed by atoms with Crippen LogP contribution in [-0.2, 0) is 9.53 Å². The Morgan fingerprint density at radius 3 is 2.77 bits per heavy atom. The number of ether oxygens (including phenoxy) is 1. The first-order chi connectivity index (χ1) is 12.4. The minimum atomic E-state index is -0.754. The van der Waals surface area contributed by atoms with Gasteiger partial charge in [-0.15, -0.1) is 0 Å². The number of nitriles is 1. The number of esters is 1. The lowest BCUT2D eigenvalue weighted by Crippen LogP contribution is -2.09. The van der Waals surface area contributed by atoms with Crippen molar-refractivity contribution in [3.05, 3.63) is 62.9 Å². The number of nitrogens with one attached hydrogen (secondary N) is 1. The van der Waals surface area contributed by atoms with Crippen molar-refractivity contribution in [1.82, 2.24) is 0 Å². The van der Waals surface area contributed by atoms with Crippen molar-refractivity contribution in [2.24, 2.45) is 0 Å². The van der Waals surface area contributed by atoms with Crippen LogP contribution in [0, 0.1) is 28.4 Å². The summed E-state index contributed by atoms with van der Waals surface area (Å²) in [5.41, 5.74) is 0.129. The minimum Gasteiger partial charge on any atom is -0.465 e. The van der Waals surface area contributed by atoms with Gasteiger partial charge in [-0.2, -0.15) is 5.26 Å². The standard InChI is InChI=1S/C17H13N3O6/c1-10-15(17(22)25-2)13(9-18)16(26-10)19-14(21)7-6-11-4-3-5-12(8-11)20(23)24/h3-8H,1-2H3,(H,19,21)/b7-6+. The number of nitro groups is 1. The van der Waals surface area contributed by atoms with Crippen molar-refractivity contribution in [3.63, 3.8) is 0 Å². The average molecular weight is 355 g/mol. The van der Waals surface area contributed by atoms with E-state index in [1.807, 2.05) is 0 Å². The van der Waals surface area contributed by atoms with E-state index in [0.717, 1.165) is 13.2 Å². The van der Waals surface area contributed by atoms with E-state index in [4.69, 9.17) is 4.42 Å². The molecule has 9 heteroatoms. The molecule has 1 heterocycles. The van der Waals surface area contributed by atoms with Gasteiger partial charge in [-0.05, 0) is 18.6 Å². The highest BCUT2D eigenvalue weighted by molar-refractivity contribution is 6.03. The molecule has 2 aromatic rings. The summed E-state index contributed by atoms with van der Waals surface area (Å²) >= 11 is 0. The number of nitrogens with zero attached hydrogens (tertiary/aromatic N) is 2. The molecule has 1 aromatic carbocycles. The molecule has 0 spiro atoms. The first kappa shape index (κ1) is 18.4. The number of benzene rings is 1. The molecule has 0 aliphatic rings. The third-order valence-corrected chi connectivity index (χ3v) is 3.33. The van der Waals surface area contributed by atoms with Gasteiger partial charge in [0.05, 0.1) is 12.0 Å². The van der Waals surface area contributed by atoms with Crippen molar-refractivity contribution in [3.8, 4) is 6.07 Å². The number of carbonyl (C=O) groups excluding carboxylic acids is 2. The van der Waals surface area contributed by atoms with Crippen molar-refractivity contribution >= 4 is 29.5 Å².